The van der Waals surface area contributed by atoms with Crippen molar-refractivity contribution in [1.29, 1.82) is 0 Å². The van der Waals surface area contributed by atoms with Crippen LogP contribution < -0.4 is 10.1 Å². The van der Waals surface area contributed by atoms with Gasteiger partial charge in [0.05, 0.1) is 23.2 Å². The number of nitrogens with zero attached hydrogens (tertiary/aromatic N) is 2. The van der Waals surface area contributed by atoms with Crippen LogP contribution in [-0.2, 0) is 14.8 Å². The second-order valence-electron chi connectivity index (χ2n) is 9.57. The number of rotatable bonds is 5. The smallest absolute Gasteiger partial charge is 0.410 e. The number of piperidine rings is 1. The maximum atomic E-state index is 13.5. The highest BCUT2D eigenvalue weighted by Gasteiger charge is 2.28. The molecule has 8 nitrogen and oxygen atoms in total. The molecule has 2 heterocycles. The highest BCUT2D eigenvalue weighted by atomic mass is 79.9. The van der Waals surface area contributed by atoms with Gasteiger partial charge in [0.25, 0.3) is 10.0 Å². The Balaban J connectivity index is 1.53. The average molecular weight is 565 g/mol. The average Bonchev–Trinajstić information content (AvgIpc) is 3.22. The van der Waals surface area contributed by atoms with Gasteiger partial charge in [-0.25, -0.2) is 17.2 Å². The summed E-state index contributed by atoms with van der Waals surface area (Å²) in [6.45, 7) is 6.65. The molecule has 0 spiro atoms. The summed E-state index contributed by atoms with van der Waals surface area (Å²) < 4.78 is 40.1. The number of hydrogen-bond acceptors (Lipinski definition) is 6. The van der Waals surface area contributed by atoms with E-state index in [9.17, 15) is 13.2 Å². The van der Waals surface area contributed by atoms with E-state index in [1.807, 2.05) is 32.9 Å². The predicted octanol–water partition coefficient (Wildman–Crippen LogP) is 5.46. The normalized spacial score (nSPS) is 15.3. The molecule has 0 bridgehead atoms. The molecular weight excluding hydrogens is 534 g/mol. The van der Waals surface area contributed by atoms with Crippen molar-refractivity contribution in [1.82, 2.24) is 8.87 Å². The second kappa shape index (κ2) is 9.73. The summed E-state index contributed by atoms with van der Waals surface area (Å²) in [6, 6.07) is 12.1. The van der Waals surface area contributed by atoms with Gasteiger partial charge in [0, 0.05) is 35.2 Å². The molecule has 1 aliphatic heterocycles. The fourth-order valence-corrected chi connectivity index (χ4v) is 5.88. The topological polar surface area (TPSA) is 89.9 Å². The van der Waals surface area contributed by atoms with Crippen LogP contribution in [0.3, 0.4) is 0 Å². The van der Waals surface area contributed by atoms with E-state index in [4.69, 9.17) is 9.47 Å². The van der Waals surface area contributed by atoms with E-state index in [1.54, 1.807) is 48.5 Å². The van der Waals surface area contributed by atoms with Crippen LogP contribution in [0.5, 0.6) is 5.75 Å². The highest BCUT2D eigenvalue weighted by Crippen LogP contribution is 2.32. The van der Waals surface area contributed by atoms with Gasteiger partial charge in [0.15, 0.2) is 0 Å². The van der Waals surface area contributed by atoms with Crippen molar-refractivity contribution >= 4 is 48.6 Å². The minimum absolute atomic E-state index is 0.0605. The first-order valence-corrected chi connectivity index (χ1v) is 13.7. The molecule has 0 unspecified atom stereocenters. The molecule has 4 rings (SSSR count). The van der Waals surface area contributed by atoms with Crippen LogP contribution in [0.25, 0.3) is 10.9 Å². The highest BCUT2D eigenvalue weighted by molar-refractivity contribution is 9.10. The molecule has 1 amide bonds. The van der Waals surface area contributed by atoms with Crippen molar-refractivity contribution in [3.8, 4) is 5.75 Å². The van der Waals surface area contributed by atoms with Crippen LogP contribution in [0.15, 0.2) is 58.0 Å². The molecule has 188 valence electrons. The fraction of sp³-hybridized carbons (Fsp3) is 0.400. The predicted molar refractivity (Wildman–Crippen MR) is 140 cm³/mol. The maximum absolute atomic E-state index is 13.5. The van der Waals surface area contributed by atoms with E-state index in [2.05, 4.69) is 21.2 Å². The number of hydrogen-bond donors (Lipinski definition) is 1. The van der Waals surface area contributed by atoms with Crippen molar-refractivity contribution in [3.63, 3.8) is 0 Å². The largest absolute Gasteiger partial charge is 0.495 e. The third-order valence-electron chi connectivity index (χ3n) is 5.85. The molecule has 0 radical (unpaired) electrons. The Morgan fingerprint density at radius 1 is 1.09 bits per heavy atom. The number of aromatic nitrogens is 1. The molecule has 0 saturated carbocycles. The lowest BCUT2D eigenvalue weighted by atomic mass is 10.0. The molecule has 1 saturated heterocycles. The van der Waals surface area contributed by atoms with E-state index >= 15 is 0 Å². The molecule has 0 atom stereocenters. The monoisotopic (exact) mass is 563 g/mol. The number of carbonyl (C=O) groups is 1. The lowest BCUT2D eigenvalue weighted by Gasteiger charge is -2.34. The number of benzene rings is 2. The third kappa shape index (κ3) is 5.59. The summed E-state index contributed by atoms with van der Waals surface area (Å²) in [7, 11) is -2.27. The molecule has 1 fully saturated rings. The maximum Gasteiger partial charge on any atom is 0.410 e. The van der Waals surface area contributed by atoms with Gasteiger partial charge in [-0.05, 0) is 76.1 Å². The van der Waals surface area contributed by atoms with Crippen molar-refractivity contribution in [2.45, 2.75) is 50.2 Å². The minimum Gasteiger partial charge on any atom is -0.495 e. The molecule has 1 N–H and O–H groups in total. The van der Waals surface area contributed by atoms with Crippen molar-refractivity contribution < 1.29 is 22.7 Å². The summed E-state index contributed by atoms with van der Waals surface area (Å²) in [6.07, 6.45) is 2.66. The summed E-state index contributed by atoms with van der Waals surface area (Å²) in [4.78, 5) is 14.2. The van der Waals surface area contributed by atoms with E-state index in [-0.39, 0.29) is 17.0 Å². The van der Waals surface area contributed by atoms with E-state index < -0.39 is 15.6 Å². The van der Waals surface area contributed by atoms with Gasteiger partial charge in [-0.3, -0.25) is 0 Å². The number of anilines is 1. The number of carbonyl (C=O) groups excluding carboxylic acids is 1. The van der Waals surface area contributed by atoms with Gasteiger partial charge < -0.3 is 19.7 Å². The molecule has 10 heteroatoms. The fourth-order valence-electron chi connectivity index (χ4n) is 4.12. The zero-order valence-corrected chi connectivity index (χ0v) is 22.6. The van der Waals surface area contributed by atoms with Gasteiger partial charge in [0.2, 0.25) is 0 Å². The van der Waals surface area contributed by atoms with Crippen molar-refractivity contribution in [2.24, 2.45) is 0 Å². The molecule has 2 aromatic carbocycles. The zero-order valence-electron chi connectivity index (χ0n) is 20.2. The molecule has 35 heavy (non-hydrogen) atoms. The first-order chi connectivity index (χ1) is 16.5. The second-order valence-corrected chi connectivity index (χ2v) is 12.3. The van der Waals surface area contributed by atoms with Crippen molar-refractivity contribution in [3.05, 3.63) is 53.1 Å². The Labute approximate surface area is 214 Å². The summed E-state index contributed by atoms with van der Waals surface area (Å²) in [5.41, 5.74) is 0.670. The van der Waals surface area contributed by atoms with Crippen LogP contribution in [0.1, 0.15) is 33.6 Å². The molecule has 1 aromatic heterocycles. The Bertz CT molecular complexity index is 1340. The first-order valence-electron chi connectivity index (χ1n) is 11.4. The summed E-state index contributed by atoms with van der Waals surface area (Å²) in [5, 5.41) is 4.25. The lowest BCUT2D eigenvalue weighted by molar-refractivity contribution is 0.0210. The molecular formula is C25H30BrN3O5S. The minimum atomic E-state index is -3.82. The first kappa shape index (κ1) is 25.4. The Morgan fingerprint density at radius 2 is 1.80 bits per heavy atom. The quantitative estimate of drug-likeness (QED) is 0.443. The molecule has 1 aliphatic rings. The van der Waals surface area contributed by atoms with Gasteiger partial charge in [-0.15, -0.1) is 0 Å². The number of likely N-dealkylation sites (tertiary alicyclic amines) is 1. The van der Waals surface area contributed by atoms with E-state index in [1.165, 1.54) is 3.97 Å². The Kier molecular flexibility index (Phi) is 7.06. The Morgan fingerprint density at radius 3 is 2.46 bits per heavy atom. The molecule has 0 aliphatic carbocycles. The van der Waals surface area contributed by atoms with Gasteiger partial charge in [-0.2, -0.15) is 0 Å². The lowest BCUT2D eigenvalue weighted by Crippen LogP contribution is -2.44. The van der Waals surface area contributed by atoms with Crippen LogP contribution in [0.2, 0.25) is 0 Å². The number of ether oxygens (including phenoxy) is 2. The standard InChI is InChI=1S/C25H30BrN3O5S/c1-25(2,3)34-24(30)28-12-10-19(11-13-28)27-21-16-20(6-8-23(21)33-4)35(31,32)29-14-9-17-15-18(26)5-7-22(17)29/h5-9,14-16,19,27H,10-13H2,1-4H3. The van der Waals surface area contributed by atoms with Crippen LogP contribution in [0.4, 0.5) is 10.5 Å². The number of fused-ring (bicyclic) bond motifs is 1. The number of halogens is 1. The summed E-state index contributed by atoms with van der Waals surface area (Å²) >= 11 is 3.42. The van der Waals surface area contributed by atoms with E-state index in [0.29, 0.717) is 42.9 Å². The zero-order chi connectivity index (χ0) is 25.4. The van der Waals surface area contributed by atoms with Crippen LogP contribution in [0, 0.1) is 0 Å². The number of nitrogens with one attached hydrogen (secondary N) is 1. The summed E-state index contributed by atoms with van der Waals surface area (Å²) in [5.74, 6) is 0.555. The van der Waals surface area contributed by atoms with Crippen molar-refractivity contribution in [2.75, 3.05) is 25.5 Å². The Hall–Kier alpha value is -2.72. The van der Waals surface area contributed by atoms with Gasteiger partial charge in [0.1, 0.15) is 11.4 Å². The number of methoxy groups -OCH3 is 1. The van der Waals surface area contributed by atoms with E-state index in [0.717, 1.165) is 9.86 Å². The number of amides is 1. The van der Waals surface area contributed by atoms with Gasteiger partial charge in [-0.1, -0.05) is 15.9 Å². The van der Waals surface area contributed by atoms with Crippen LogP contribution in [-0.4, -0.2) is 55.2 Å². The van der Waals surface area contributed by atoms with Gasteiger partial charge >= 0.3 is 6.09 Å². The molecule has 3 aromatic rings. The van der Waals surface area contributed by atoms with Crippen LogP contribution >= 0.6 is 15.9 Å². The SMILES string of the molecule is COc1ccc(S(=O)(=O)n2ccc3cc(Br)ccc32)cc1NC1CCN(C(=O)OC(C)(C)C)CC1. The third-order valence-corrected chi connectivity index (χ3v) is 8.03.